The summed E-state index contributed by atoms with van der Waals surface area (Å²) >= 11 is 0.0685. The first kappa shape index (κ1) is 11.8. The Hall–Kier alpha value is -0.237. The predicted octanol–water partition coefficient (Wildman–Crippen LogP) is 3.31. The summed E-state index contributed by atoms with van der Waals surface area (Å²) in [6.45, 7) is 9.19. The van der Waals surface area contributed by atoms with Gasteiger partial charge in [0.25, 0.3) is 0 Å². The van der Waals surface area contributed by atoms with Crippen LogP contribution in [0.2, 0.25) is 5.76 Å². The van der Waals surface area contributed by atoms with E-state index in [-0.39, 0.29) is 15.4 Å². The summed E-state index contributed by atoms with van der Waals surface area (Å²) in [6.07, 6.45) is 0. The van der Waals surface area contributed by atoms with Crippen LogP contribution in [0.25, 0.3) is 0 Å². The maximum absolute atomic E-state index is 2.38. The second-order valence-electron chi connectivity index (χ2n) is 4.37. The van der Waals surface area contributed by atoms with Gasteiger partial charge in [0.05, 0.1) is 0 Å². The second-order valence-corrected chi connectivity index (χ2v) is 6.47. The molecule has 0 saturated heterocycles. The third-order valence-corrected chi connectivity index (χ3v) is 4.88. The first-order valence-electron chi connectivity index (χ1n) is 5.38. The van der Waals surface area contributed by atoms with Crippen LogP contribution < -0.4 is 4.40 Å². The molecule has 0 aliphatic rings. The van der Waals surface area contributed by atoms with Gasteiger partial charge >= 0.3 is 94.4 Å². The maximum atomic E-state index is 2.38. The molecule has 0 N–H and O–H groups in total. The zero-order chi connectivity index (χ0) is 10.7. The molecule has 0 saturated carbocycles. The van der Waals surface area contributed by atoms with Crippen LogP contribution in [-0.4, -0.2) is 15.4 Å². The fraction of sp³-hybridized carbons (Fsp3) is 0.538. The third-order valence-electron chi connectivity index (χ3n) is 2.62. The molecule has 1 rings (SSSR count). The van der Waals surface area contributed by atoms with Gasteiger partial charge in [0, 0.05) is 0 Å². The van der Waals surface area contributed by atoms with Gasteiger partial charge in [-0.15, -0.1) is 0 Å². The van der Waals surface area contributed by atoms with Gasteiger partial charge in [-0.1, -0.05) is 0 Å². The van der Waals surface area contributed by atoms with E-state index < -0.39 is 0 Å². The first-order valence-corrected chi connectivity index (χ1v) is 8.53. The Labute approximate surface area is 94.6 Å². The van der Waals surface area contributed by atoms with Crippen molar-refractivity contribution in [1.82, 2.24) is 0 Å². The molecule has 0 nitrogen and oxygen atoms in total. The van der Waals surface area contributed by atoms with Crippen LogP contribution in [0.4, 0.5) is 0 Å². The van der Waals surface area contributed by atoms with Crippen molar-refractivity contribution in [3.05, 3.63) is 29.3 Å². The van der Waals surface area contributed by atoms with E-state index in [9.17, 15) is 0 Å². The molecule has 0 unspecified atom stereocenters. The molecule has 0 bridgehead atoms. The fourth-order valence-electron chi connectivity index (χ4n) is 1.84. The molecule has 1 aromatic carbocycles. The van der Waals surface area contributed by atoms with E-state index in [1.54, 1.807) is 15.5 Å². The van der Waals surface area contributed by atoms with Crippen molar-refractivity contribution in [2.45, 2.75) is 45.3 Å². The van der Waals surface area contributed by atoms with Crippen LogP contribution in [0, 0.1) is 0 Å². The molecule has 0 amide bonds. The van der Waals surface area contributed by atoms with E-state index in [1.807, 2.05) is 0 Å². The van der Waals surface area contributed by atoms with Crippen molar-refractivity contribution in [3.8, 4) is 0 Å². The molecule has 2 radical (unpaired) electrons. The van der Waals surface area contributed by atoms with Crippen molar-refractivity contribution in [2.75, 3.05) is 0 Å². The number of rotatable bonds is 3. The molecule has 0 heterocycles. The quantitative estimate of drug-likeness (QED) is 0.721. The summed E-state index contributed by atoms with van der Waals surface area (Å²) in [6, 6.07) is 6.83. The van der Waals surface area contributed by atoms with Crippen molar-refractivity contribution < 1.29 is 0 Å². The van der Waals surface area contributed by atoms with Crippen LogP contribution in [0.15, 0.2) is 18.2 Å². The van der Waals surface area contributed by atoms with Gasteiger partial charge in [-0.3, -0.25) is 0 Å². The molecular formula is C13H20Ge. The molecule has 0 aromatic heterocycles. The molecule has 0 atom stereocenters. The molecule has 0 fully saturated rings. The van der Waals surface area contributed by atoms with Crippen LogP contribution >= 0.6 is 0 Å². The topological polar surface area (TPSA) is 0 Å². The van der Waals surface area contributed by atoms with Gasteiger partial charge in [-0.2, -0.15) is 0 Å². The Morgan fingerprint density at radius 2 is 1.36 bits per heavy atom. The molecule has 1 heteroatoms. The van der Waals surface area contributed by atoms with Gasteiger partial charge in [0.15, 0.2) is 0 Å². The molecule has 76 valence electrons. The first-order chi connectivity index (χ1) is 6.57. The minimum absolute atomic E-state index is 0.0685. The second kappa shape index (κ2) is 5.02. The zero-order valence-corrected chi connectivity index (χ0v) is 12.0. The van der Waals surface area contributed by atoms with Crippen molar-refractivity contribution in [2.24, 2.45) is 0 Å². The zero-order valence-electron chi connectivity index (χ0n) is 9.89. The summed E-state index contributed by atoms with van der Waals surface area (Å²) in [5, 5.41) is 0. The van der Waals surface area contributed by atoms with E-state index in [0.717, 1.165) is 0 Å². The number of hydrogen-bond donors (Lipinski definition) is 0. The van der Waals surface area contributed by atoms with E-state index in [0.29, 0.717) is 11.8 Å². The summed E-state index contributed by atoms with van der Waals surface area (Å²) < 4.78 is 1.69. The Morgan fingerprint density at radius 3 is 1.64 bits per heavy atom. The van der Waals surface area contributed by atoms with Crippen LogP contribution in [0.5, 0.6) is 0 Å². The average Bonchev–Trinajstić information content (AvgIpc) is 2.16. The van der Waals surface area contributed by atoms with Gasteiger partial charge in [0.1, 0.15) is 0 Å². The molecule has 0 aliphatic heterocycles. The summed E-state index contributed by atoms with van der Waals surface area (Å²) in [5.41, 5.74) is 3.16. The number of hydrogen-bond acceptors (Lipinski definition) is 0. The van der Waals surface area contributed by atoms with Crippen molar-refractivity contribution in [3.63, 3.8) is 0 Å². The fourth-order valence-corrected chi connectivity index (χ4v) is 4.61. The predicted molar refractivity (Wildman–Crippen MR) is 65.9 cm³/mol. The Bertz CT molecular complexity index is 274. The molecule has 1 aromatic rings. The van der Waals surface area contributed by atoms with Crippen molar-refractivity contribution >= 4 is 19.8 Å². The molecule has 0 aliphatic carbocycles. The van der Waals surface area contributed by atoms with Crippen LogP contribution in [-0.2, 0) is 0 Å². The Balaban J connectivity index is 3.25. The molecule has 14 heavy (non-hydrogen) atoms. The normalized spacial score (nSPS) is 11.4. The van der Waals surface area contributed by atoms with Crippen molar-refractivity contribution in [1.29, 1.82) is 0 Å². The Morgan fingerprint density at radius 1 is 0.929 bits per heavy atom. The minimum atomic E-state index is 0.0685. The molecular weight excluding hydrogens is 229 g/mol. The Kier molecular flexibility index (Phi) is 4.24. The van der Waals surface area contributed by atoms with Gasteiger partial charge in [-0.25, -0.2) is 0 Å². The van der Waals surface area contributed by atoms with E-state index in [1.165, 1.54) is 0 Å². The monoisotopic (exact) mass is 250 g/mol. The third kappa shape index (κ3) is 2.41. The van der Waals surface area contributed by atoms with Gasteiger partial charge in [0.2, 0.25) is 0 Å². The summed E-state index contributed by atoms with van der Waals surface area (Å²) in [4.78, 5) is 0. The van der Waals surface area contributed by atoms with Gasteiger partial charge in [-0.05, 0) is 0 Å². The summed E-state index contributed by atoms with van der Waals surface area (Å²) in [5.74, 6) is 3.73. The van der Waals surface area contributed by atoms with E-state index in [2.05, 4.69) is 51.7 Å². The van der Waals surface area contributed by atoms with Crippen LogP contribution in [0.1, 0.15) is 50.7 Å². The SMILES string of the molecule is [CH3][Ge][c]1c(C(C)C)cccc1C(C)C. The summed E-state index contributed by atoms with van der Waals surface area (Å²) in [7, 11) is 0. The number of benzene rings is 1. The standard InChI is InChI=1S/C13H20Ge/c1-9(2)11-7-6-8-12(10(3)4)13(11)14-5/h6-10H,1-5H3. The van der Waals surface area contributed by atoms with E-state index >= 15 is 0 Å². The van der Waals surface area contributed by atoms with Crippen LogP contribution in [0.3, 0.4) is 0 Å². The van der Waals surface area contributed by atoms with E-state index in [4.69, 9.17) is 0 Å². The average molecular weight is 249 g/mol. The van der Waals surface area contributed by atoms with Gasteiger partial charge < -0.3 is 0 Å². The molecule has 0 spiro atoms.